The van der Waals surface area contributed by atoms with Crippen LogP contribution in [-0.2, 0) is 14.3 Å². The zero-order valence-corrected chi connectivity index (χ0v) is 11.8. The normalized spacial score (nSPS) is 10.2. The number of nitro benzene ring substituents is 1. The summed E-state index contributed by atoms with van der Waals surface area (Å²) in [5, 5.41) is 13.3. The lowest BCUT2D eigenvalue weighted by Crippen LogP contribution is -2.20. The summed E-state index contributed by atoms with van der Waals surface area (Å²) in [7, 11) is 1.52. The lowest BCUT2D eigenvalue weighted by Gasteiger charge is -2.07. The summed E-state index contributed by atoms with van der Waals surface area (Å²) >= 11 is 3.13. The molecule has 0 aliphatic carbocycles. The van der Waals surface area contributed by atoms with E-state index in [1.54, 1.807) is 6.07 Å². The second-order valence-corrected chi connectivity index (χ2v) is 4.43. The smallest absolute Gasteiger partial charge is 0.293 e. The number of rotatable bonds is 7. The van der Waals surface area contributed by atoms with Crippen molar-refractivity contribution in [2.24, 2.45) is 0 Å². The molecule has 8 heteroatoms. The largest absolute Gasteiger partial charge is 0.382 e. The molecule has 7 nitrogen and oxygen atoms in total. The molecule has 104 valence electrons. The molecule has 0 heterocycles. The Kier molecular flexibility index (Phi) is 6.40. The summed E-state index contributed by atoms with van der Waals surface area (Å²) in [6, 6.07) is 4.38. The van der Waals surface area contributed by atoms with Gasteiger partial charge in [-0.1, -0.05) is 15.9 Å². The van der Waals surface area contributed by atoms with Gasteiger partial charge in [-0.05, 0) is 12.1 Å². The molecule has 0 saturated heterocycles. The SMILES string of the molecule is COCCOCC(=O)Nc1ccc(Br)cc1[N+](=O)[O-]. The molecule has 0 radical (unpaired) electrons. The standard InChI is InChI=1S/C11H13BrN2O5/c1-18-4-5-19-7-11(15)13-9-3-2-8(12)6-10(9)14(16)17/h2-3,6H,4-5,7H2,1H3,(H,13,15). The van der Waals surface area contributed by atoms with Crippen LogP contribution in [0.5, 0.6) is 0 Å². The van der Waals surface area contributed by atoms with Crippen molar-refractivity contribution in [1.82, 2.24) is 0 Å². The lowest BCUT2D eigenvalue weighted by atomic mass is 10.2. The molecule has 1 aromatic carbocycles. The molecule has 0 spiro atoms. The van der Waals surface area contributed by atoms with Crippen molar-refractivity contribution in [3.8, 4) is 0 Å². The number of anilines is 1. The van der Waals surface area contributed by atoms with Gasteiger partial charge >= 0.3 is 0 Å². The fraction of sp³-hybridized carbons (Fsp3) is 0.364. The predicted molar refractivity (Wildman–Crippen MR) is 72.1 cm³/mol. The van der Waals surface area contributed by atoms with E-state index in [9.17, 15) is 14.9 Å². The minimum Gasteiger partial charge on any atom is -0.382 e. The molecule has 0 unspecified atom stereocenters. The van der Waals surface area contributed by atoms with Gasteiger partial charge in [0, 0.05) is 17.6 Å². The number of nitrogens with one attached hydrogen (secondary N) is 1. The Balaban J connectivity index is 2.61. The van der Waals surface area contributed by atoms with Crippen LogP contribution in [0.3, 0.4) is 0 Å². The van der Waals surface area contributed by atoms with E-state index in [4.69, 9.17) is 9.47 Å². The number of ether oxygens (including phenoxy) is 2. The van der Waals surface area contributed by atoms with Crippen LogP contribution in [0.2, 0.25) is 0 Å². The third-order valence-electron chi connectivity index (χ3n) is 2.10. The van der Waals surface area contributed by atoms with Crippen molar-refractivity contribution in [3.63, 3.8) is 0 Å². The van der Waals surface area contributed by atoms with Crippen LogP contribution in [0.25, 0.3) is 0 Å². The van der Waals surface area contributed by atoms with Crippen LogP contribution in [0.15, 0.2) is 22.7 Å². The van der Waals surface area contributed by atoms with Crippen molar-refractivity contribution in [2.45, 2.75) is 0 Å². The molecule has 0 aromatic heterocycles. The zero-order chi connectivity index (χ0) is 14.3. The number of nitro groups is 1. The minimum absolute atomic E-state index is 0.133. The van der Waals surface area contributed by atoms with Gasteiger partial charge in [-0.3, -0.25) is 14.9 Å². The molecule has 1 N–H and O–H groups in total. The number of benzene rings is 1. The van der Waals surface area contributed by atoms with Crippen molar-refractivity contribution < 1.29 is 19.2 Å². The van der Waals surface area contributed by atoms with E-state index in [1.807, 2.05) is 0 Å². The highest BCUT2D eigenvalue weighted by molar-refractivity contribution is 9.10. The number of amides is 1. The molecule has 0 aliphatic heterocycles. The van der Waals surface area contributed by atoms with Gasteiger partial charge in [-0.2, -0.15) is 0 Å². The van der Waals surface area contributed by atoms with E-state index in [0.717, 1.165) is 0 Å². The zero-order valence-electron chi connectivity index (χ0n) is 10.2. The highest BCUT2D eigenvalue weighted by atomic mass is 79.9. The quantitative estimate of drug-likeness (QED) is 0.468. The van der Waals surface area contributed by atoms with Gasteiger partial charge in [-0.15, -0.1) is 0 Å². The van der Waals surface area contributed by atoms with Gasteiger partial charge in [0.25, 0.3) is 11.6 Å². The molecule has 1 aromatic rings. The van der Waals surface area contributed by atoms with Crippen LogP contribution in [0.1, 0.15) is 0 Å². The number of carbonyl (C=O) groups excluding carboxylic acids is 1. The Morgan fingerprint density at radius 1 is 1.47 bits per heavy atom. The molecular weight excluding hydrogens is 320 g/mol. The number of methoxy groups -OCH3 is 1. The number of hydrogen-bond acceptors (Lipinski definition) is 5. The van der Waals surface area contributed by atoms with E-state index < -0.39 is 10.8 Å². The van der Waals surface area contributed by atoms with Crippen LogP contribution in [0, 0.1) is 10.1 Å². The van der Waals surface area contributed by atoms with Crippen molar-refractivity contribution >= 4 is 33.2 Å². The second-order valence-electron chi connectivity index (χ2n) is 3.51. The first-order valence-electron chi connectivity index (χ1n) is 5.35. The molecule has 1 rings (SSSR count). The summed E-state index contributed by atoms with van der Waals surface area (Å²) in [6.07, 6.45) is 0. The van der Waals surface area contributed by atoms with Crippen molar-refractivity contribution in [2.75, 3.05) is 32.2 Å². The van der Waals surface area contributed by atoms with Gasteiger partial charge in [0.1, 0.15) is 12.3 Å². The average Bonchev–Trinajstić information content (AvgIpc) is 2.36. The molecule has 0 atom stereocenters. The Hall–Kier alpha value is -1.51. The predicted octanol–water partition coefficient (Wildman–Crippen LogP) is 1.96. The maximum absolute atomic E-state index is 11.5. The second kappa shape index (κ2) is 7.82. The highest BCUT2D eigenvalue weighted by Gasteiger charge is 2.16. The van der Waals surface area contributed by atoms with Gasteiger partial charge in [-0.25, -0.2) is 0 Å². The molecule has 1 amide bonds. The highest BCUT2D eigenvalue weighted by Crippen LogP contribution is 2.27. The molecule has 0 bridgehead atoms. The number of hydrogen-bond donors (Lipinski definition) is 1. The van der Waals surface area contributed by atoms with E-state index in [2.05, 4.69) is 21.2 Å². The Labute approximate surface area is 118 Å². The van der Waals surface area contributed by atoms with Gasteiger partial charge in [0.05, 0.1) is 18.1 Å². The first-order chi connectivity index (χ1) is 9.04. The van der Waals surface area contributed by atoms with Crippen LogP contribution in [0.4, 0.5) is 11.4 Å². The Bertz CT molecular complexity index is 466. The fourth-order valence-electron chi connectivity index (χ4n) is 1.25. The van der Waals surface area contributed by atoms with Crippen molar-refractivity contribution in [3.05, 3.63) is 32.8 Å². The summed E-state index contributed by atoms with van der Waals surface area (Å²) in [5.74, 6) is -0.457. The molecule has 0 saturated carbocycles. The first kappa shape index (κ1) is 15.5. The molecule has 0 fully saturated rings. The Morgan fingerprint density at radius 2 is 2.21 bits per heavy atom. The maximum atomic E-state index is 11.5. The Morgan fingerprint density at radius 3 is 2.84 bits per heavy atom. The summed E-state index contributed by atoms with van der Waals surface area (Å²) < 4.78 is 10.3. The van der Waals surface area contributed by atoms with E-state index in [0.29, 0.717) is 11.1 Å². The summed E-state index contributed by atoms with van der Waals surface area (Å²) in [6.45, 7) is 0.481. The summed E-state index contributed by atoms with van der Waals surface area (Å²) in [5.41, 5.74) is -0.0480. The number of halogens is 1. The molecule has 0 aliphatic rings. The monoisotopic (exact) mass is 332 g/mol. The summed E-state index contributed by atoms with van der Waals surface area (Å²) in [4.78, 5) is 21.8. The van der Waals surface area contributed by atoms with Crippen LogP contribution < -0.4 is 5.32 Å². The maximum Gasteiger partial charge on any atom is 0.293 e. The molecule has 19 heavy (non-hydrogen) atoms. The van der Waals surface area contributed by atoms with Crippen LogP contribution in [-0.4, -0.2) is 37.8 Å². The van der Waals surface area contributed by atoms with Gasteiger partial charge in [0.15, 0.2) is 0 Å². The third kappa shape index (κ3) is 5.33. The van der Waals surface area contributed by atoms with E-state index >= 15 is 0 Å². The van der Waals surface area contributed by atoms with E-state index in [-0.39, 0.29) is 24.6 Å². The van der Waals surface area contributed by atoms with Gasteiger partial charge in [0.2, 0.25) is 0 Å². The minimum atomic E-state index is -0.563. The molecular formula is C11H13BrN2O5. The fourth-order valence-corrected chi connectivity index (χ4v) is 1.60. The first-order valence-corrected chi connectivity index (χ1v) is 6.14. The van der Waals surface area contributed by atoms with Gasteiger partial charge < -0.3 is 14.8 Å². The van der Waals surface area contributed by atoms with Crippen LogP contribution >= 0.6 is 15.9 Å². The number of carbonyl (C=O) groups is 1. The lowest BCUT2D eigenvalue weighted by molar-refractivity contribution is -0.384. The average molecular weight is 333 g/mol. The van der Waals surface area contributed by atoms with Crippen molar-refractivity contribution in [1.29, 1.82) is 0 Å². The topological polar surface area (TPSA) is 90.7 Å². The number of nitrogens with zero attached hydrogens (tertiary/aromatic N) is 1. The third-order valence-corrected chi connectivity index (χ3v) is 2.59. The van der Waals surface area contributed by atoms with E-state index in [1.165, 1.54) is 19.2 Å².